The summed E-state index contributed by atoms with van der Waals surface area (Å²) < 4.78 is 90.7. The standard InChI is InChI=1S/C21H22F5N3O3S/c22-15-4-6-16(7-5-15)33(31,32)29-11-1-2-19(29)20(30)28-13-14-3-8-17(23)18(12-14)27-10-9-21(24,25)26/h3-8,12,19,27H,1-2,9-11,13H2,(H,28,30)/t19-/m0/s1. The summed E-state index contributed by atoms with van der Waals surface area (Å²) in [6.45, 7) is -0.454. The van der Waals surface area contributed by atoms with Crippen LogP contribution in [0.15, 0.2) is 47.4 Å². The van der Waals surface area contributed by atoms with Gasteiger partial charge in [0.2, 0.25) is 15.9 Å². The van der Waals surface area contributed by atoms with Gasteiger partial charge >= 0.3 is 6.18 Å². The molecule has 0 bridgehead atoms. The Bertz CT molecular complexity index is 1090. The summed E-state index contributed by atoms with van der Waals surface area (Å²) in [4.78, 5) is 12.6. The smallest absolute Gasteiger partial charge is 0.382 e. The summed E-state index contributed by atoms with van der Waals surface area (Å²) in [5.74, 6) is -1.88. The molecule has 0 radical (unpaired) electrons. The molecule has 1 saturated heterocycles. The minimum atomic E-state index is -4.38. The molecule has 1 aliphatic rings. The number of hydrogen-bond donors (Lipinski definition) is 2. The Hall–Kier alpha value is -2.73. The maximum absolute atomic E-state index is 13.9. The van der Waals surface area contributed by atoms with Gasteiger partial charge in [0.15, 0.2) is 0 Å². The first-order valence-electron chi connectivity index (χ1n) is 10.1. The number of sulfonamides is 1. The number of carbonyl (C=O) groups is 1. The molecule has 0 spiro atoms. The second kappa shape index (κ2) is 10.0. The lowest BCUT2D eigenvalue weighted by atomic mass is 10.1. The van der Waals surface area contributed by atoms with E-state index in [4.69, 9.17) is 0 Å². The quantitative estimate of drug-likeness (QED) is 0.551. The van der Waals surface area contributed by atoms with Crippen LogP contribution in [0.1, 0.15) is 24.8 Å². The number of nitrogens with one attached hydrogen (secondary N) is 2. The maximum Gasteiger partial charge on any atom is 0.390 e. The summed E-state index contributed by atoms with van der Waals surface area (Å²) in [7, 11) is -4.01. The zero-order valence-electron chi connectivity index (χ0n) is 17.3. The van der Waals surface area contributed by atoms with Gasteiger partial charge in [-0.15, -0.1) is 0 Å². The first-order chi connectivity index (χ1) is 15.5. The van der Waals surface area contributed by atoms with E-state index < -0.39 is 52.7 Å². The molecule has 33 heavy (non-hydrogen) atoms. The number of halogens is 5. The number of carbonyl (C=O) groups excluding carboxylic acids is 1. The number of alkyl halides is 3. The molecule has 180 valence electrons. The second-order valence-corrected chi connectivity index (χ2v) is 9.44. The van der Waals surface area contributed by atoms with E-state index in [0.717, 1.165) is 34.6 Å². The van der Waals surface area contributed by atoms with Crippen LogP contribution in [0.2, 0.25) is 0 Å². The van der Waals surface area contributed by atoms with E-state index in [9.17, 15) is 35.2 Å². The van der Waals surface area contributed by atoms with Gasteiger partial charge in [-0.2, -0.15) is 17.5 Å². The van der Waals surface area contributed by atoms with Gasteiger partial charge in [0.25, 0.3) is 0 Å². The zero-order valence-corrected chi connectivity index (χ0v) is 18.1. The molecule has 0 unspecified atom stereocenters. The van der Waals surface area contributed by atoms with E-state index >= 15 is 0 Å². The van der Waals surface area contributed by atoms with Crippen LogP contribution in [0.5, 0.6) is 0 Å². The normalized spacial score (nSPS) is 17.2. The van der Waals surface area contributed by atoms with E-state index in [1.165, 1.54) is 12.1 Å². The minimum absolute atomic E-state index is 0.0754. The van der Waals surface area contributed by atoms with E-state index in [-0.39, 0.29) is 23.7 Å². The van der Waals surface area contributed by atoms with Crippen molar-refractivity contribution in [1.82, 2.24) is 9.62 Å². The highest BCUT2D eigenvalue weighted by Gasteiger charge is 2.39. The number of amides is 1. The molecule has 2 aromatic carbocycles. The van der Waals surface area contributed by atoms with Crippen molar-refractivity contribution in [2.24, 2.45) is 0 Å². The fourth-order valence-corrected chi connectivity index (χ4v) is 5.15. The summed E-state index contributed by atoms with van der Waals surface area (Å²) in [5.41, 5.74) is 0.289. The molecule has 1 heterocycles. The Morgan fingerprint density at radius 2 is 1.79 bits per heavy atom. The Labute approximate surface area is 187 Å². The van der Waals surface area contributed by atoms with Crippen molar-refractivity contribution >= 4 is 21.6 Å². The van der Waals surface area contributed by atoms with Crippen LogP contribution >= 0.6 is 0 Å². The van der Waals surface area contributed by atoms with Crippen LogP contribution in [0, 0.1) is 11.6 Å². The van der Waals surface area contributed by atoms with E-state index in [0.29, 0.717) is 18.4 Å². The molecule has 3 rings (SSSR count). The van der Waals surface area contributed by atoms with Crippen LogP contribution in [0.4, 0.5) is 27.6 Å². The number of benzene rings is 2. The third-order valence-corrected chi connectivity index (χ3v) is 7.07. The minimum Gasteiger partial charge on any atom is -0.382 e. The second-order valence-electron chi connectivity index (χ2n) is 7.55. The van der Waals surface area contributed by atoms with Crippen LogP contribution in [0.25, 0.3) is 0 Å². The van der Waals surface area contributed by atoms with Gasteiger partial charge in [0.1, 0.15) is 17.7 Å². The number of nitrogens with zero attached hydrogens (tertiary/aromatic N) is 1. The van der Waals surface area contributed by atoms with Crippen molar-refractivity contribution in [3.8, 4) is 0 Å². The summed E-state index contributed by atoms with van der Waals surface area (Å²) in [6.07, 6.45) is -4.76. The monoisotopic (exact) mass is 491 g/mol. The molecule has 12 heteroatoms. The molecule has 1 atom stereocenters. The SMILES string of the molecule is O=C(NCc1ccc(F)c(NCCC(F)(F)F)c1)[C@@H]1CCCN1S(=O)(=O)c1ccc(F)cc1. The first-order valence-corrected chi connectivity index (χ1v) is 11.6. The number of rotatable bonds is 8. The lowest BCUT2D eigenvalue weighted by molar-refractivity contribution is -0.131. The van der Waals surface area contributed by atoms with Crippen LogP contribution < -0.4 is 10.6 Å². The number of anilines is 1. The highest BCUT2D eigenvalue weighted by atomic mass is 32.2. The molecule has 1 amide bonds. The highest BCUT2D eigenvalue weighted by molar-refractivity contribution is 7.89. The third-order valence-electron chi connectivity index (χ3n) is 5.15. The fraction of sp³-hybridized carbons (Fsp3) is 0.381. The van der Waals surface area contributed by atoms with Crippen LogP contribution in [-0.2, 0) is 21.4 Å². The summed E-state index contributed by atoms with van der Waals surface area (Å²) >= 11 is 0. The molecule has 2 aromatic rings. The van der Waals surface area contributed by atoms with Crippen LogP contribution in [-0.4, -0.2) is 43.9 Å². The van der Waals surface area contributed by atoms with Crippen molar-refractivity contribution in [3.63, 3.8) is 0 Å². The van der Waals surface area contributed by atoms with Gasteiger partial charge in [-0.05, 0) is 54.8 Å². The zero-order chi connectivity index (χ0) is 24.2. The Kier molecular flexibility index (Phi) is 7.58. The number of hydrogen-bond acceptors (Lipinski definition) is 4. The Morgan fingerprint density at radius 3 is 2.45 bits per heavy atom. The molecule has 0 aliphatic carbocycles. The molecule has 0 aromatic heterocycles. The molecule has 1 fully saturated rings. The third kappa shape index (κ3) is 6.41. The van der Waals surface area contributed by atoms with Gasteiger partial charge in [0, 0.05) is 19.6 Å². The lowest BCUT2D eigenvalue weighted by Crippen LogP contribution is -2.45. The van der Waals surface area contributed by atoms with Gasteiger partial charge < -0.3 is 10.6 Å². The van der Waals surface area contributed by atoms with Crippen LogP contribution in [0.3, 0.4) is 0 Å². The maximum atomic E-state index is 13.9. The molecule has 1 aliphatic heterocycles. The van der Waals surface area contributed by atoms with Gasteiger partial charge in [-0.3, -0.25) is 4.79 Å². The van der Waals surface area contributed by atoms with Crippen molar-refractivity contribution in [3.05, 3.63) is 59.7 Å². The van der Waals surface area contributed by atoms with Crippen molar-refractivity contribution in [2.75, 3.05) is 18.4 Å². The Balaban J connectivity index is 1.64. The van der Waals surface area contributed by atoms with E-state index in [1.807, 2.05) is 0 Å². The summed E-state index contributed by atoms with van der Waals surface area (Å²) in [5, 5.41) is 4.98. The highest BCUT2D eigenvalue weighted by Crippen LogP contribution is 2.27. The first kappa shape index (κ1) is 24.9. The van der Waals surface area contributed by atoms with Crippen molar-refractivity contribution in [1.29, 1.82) is 0 Å². The predicted octanol–water partition coefficient (Wildman–Crippen LogP) is 3.80. The average Bonchev–Trinajstić information content (AvgIpc) is 3.24. The summed E-state index contributed by atoms with van der Waals surface area (Å²) in [6, 6.07) is 7.05. The topological polar surface area (TPSA) is 78.5 Å². The molecular formula is C21H22F5N3O3S. The fourth-order valence-electron chi connectivity index (χ4n) is 3.50. The van der Waals surface area contributed by atoms with Crippen molar-refractivity contribution in [2.45, 2.75) is 42.9 Å². The lowest BCUT2D eigenvalue weighted by Gasteiger charge is -2.23. The average molecular weight is 491 g/mol. The Morgan fingerprint density at radius 1 is 1.09 bits per heavy atom. The van der Waals surface area contributed by atoms with Crippen molar-refractivity contribution < 1.29 is 35.2 Å². The largest absolute Gasteiger partial charge is 0.390 e. The van der Waals surface area contributed by atoms with E-state index in [1.54, 1.807) is 0 Å². The molecule has 2 N–H and O–H groups in total. The molecular weight excluding hydrogens is 469 g/mol. The van der Waals surface area contributed by atoms with Gasteiger partial charge in [-0.1, -0.05) is 6.07 Å². The van der Waals surface area contributed by atoms with E-state index in [2.05, 4.69) is 10.6 Å². The molecule has 0 saturated carbocycles. The van der Waals surface area contributed by atoms with Gasteiger partial charge in [-0.25, -0.2) is 17.2 Å². The van der Waals surface area contributed by atoms with Gasteiger partial charge in [0.05, 0.1) is 17.0 Å². The predicted molar refractivity (Wildman–Crippen MR) is 111 cm³/mol. The molecule has 6 nitrogen and oxygen atoms in total.